The van der Waals surface area contributed by atoms with Crippen molar-refractivity contribution in [1.29, 1.82) is 5.26 Å². The summed E-state index contributed by atoms with van der Waals surface area (Å²) in [6.07, 6.45) is 0. The van der Waals surface area contributed by atoms with E-state index in [0.717, 1.165) is 77.3 Å². The molecule has 0 aliphatic heterocycles. The lowest BCUT2D eigenvalue weighted by Crippen LogP contribution is -1.89. The van der Waals surface area contributed by atoms with E-state index in [1.807, 2.05) is 66.7 Å². The largest absolute Gasteiger partial charge is 0.456 e. The Morgan fingerprint density at radius 3 is 1.98 bits per heavy atom. The van der Waals surface area contributed by atoms with E-state index >= 15 is 0 Å². The van der Waals surface area contributed by atoms with Crippen molar-refractivity contribution >= 4 is 43.9 Å². The fourth-order valence-corrected chi connectivity index (χ4v) is 5.86. The molecule has 0 N–H and O–H groups in total. The normalized spacial score (nSPS) is 11.5. The average Bonchev–Trinajstić information content (AvgIpc) is 3.59. The van der Waals surface area contributed by atoms with E-state index in [4.69, 9.17) is 8.83 Å². The maximum atomic E-state index is 9.65. The molecule has 0 radical (unpaired) electrons. The van der Waals surface area contributed by atoms with Crippen molar-refractivity contribution in [3.63, 3.8) is 0 Å². The number of nitrogens with zero attached hydrogens (tertiary/aromatic N) is 1. The van der Waals surface area contributed by atoms with Gasteiger partial charge in [0.2, 0.25) is 0 Å². The van der Waals surface area contributed by atoms with Crippen LogP contribution in [0.3, 0.4) is 0 Å². The molecule has 3 nitrogen and oxygen atoms in total. The highest BCUT2D eigenvalue weighted by Crippen LogP contribution is 2.42. The van der Waals surface area contributed by atoms with Crippen LogP contribution in [0.25, 0.3) is 77.3 Å². The highest BCUT2D eigenvalue weighted by Gasteiger charge is 2.17. The molecule has 0 atom stereocenters. The molecule has 2 heterocycles. The van der Waals surface area contributed by atoms with E-state index in [9.17, 15) is 5.26 Å². The van der Waals surface area contributed by atoms with Gasteiger partial charge in [0.1, 0.15) is 22.3 Å². The van der Waals surface area contributed by atoms with Gasteiger partial charge in [-0.2, -0.15) is 5.26 Å². The monoisotopic (exact) mass is 511 g/mol. The minimum atomic E-state index is 0.629. The number of rotatable bonds is 3. The van der Waals surface area contributed by atoms with Crippen LogP contribution >= 0.6 is 0 Å². The van der Waals surface area contributed by atoms with Gasteiger partial charge >= 0.3 is 0 Å². The SMILES string of the molecule is N#Cc1cccc(-c2cc(-c3ccc4c(c3)oc3ccccc34)ccc2-c2cccc3oc4ccccc4c23)c1. The van der Waals surface area contributed by atoms with E-state index in [1.165, 1.54) is 0 Å². The molecule has 0 fully saturated rings. The standard InChI is InChI=1S/C37H21NO2/c38-22-23-7-5-8-26(19-23)32-20-24(25-16-18-29-28-9-1-3-12-33(28)40-36(29)21-25)15-17-27(32)30-11-6-14-35-37(30)31-10-2-4-13-34(31)39-35/h1-21H. The van der Waals surface area contributed by atoms with Crippen molar-refractivity contribution < 1.29 is 8.83 Å². The molecule has 40 heavy (non-hydrogen) atoms. The first-order valence-corrected chi connectivity index (χ1v) is 13.2. The first-order chi connectivity index (χ1) is 19.8. The summed E-state index contributed by atoms with van der Waals surface area (Å²) in [5, 5.41) is 14.1. The van der Waals surface area contributed by atoms with Gasteiger partial charge in [-0.05, 0) is 81.9 Å². The Hall–Kier alpha value is -5.59. The molecular formula is C37H21NO2. The van der Waals surface area contributed by atoms with Crippen LogP contribution in [0.1, 0.15) is 5.56 Å². The van der Waals surface area contributed by atoms with Gasteiger partial charge in [-0.25, -0.2) is 0 Å². The third-order valence-corrected chi connectivity index (χ3v) is 7.73. The Labute approximate surface area is 230 Å². The van der Waals surface area contributed by atoms with Crippen molar-refractivity contribution in [2.75, 3.05) is 0 Å². The first-order valence-electron chi connectivity index (χ1n) is 13.2. The average molecular weight is 512 g/mol. The predicted molar refractivity (Wildman–Crippen MR) is 162 cm³/mol. The van der Waals surface area contributed by atoms with Crippen molar-refractivity contribution in [3.05, 3.63) is 133 Å². The van der Waals surface area contributed by atoms with Crippen LogP contribution in [0.5, 0.6) is 0 Å². The summed E-state index contributed by atoms with van der Waals surface area (Å²) in [5.41, 5.74) is 10.5. The third kappa shape index (κ3) is 3.44. The fourth-order valence-electron chi connectivity index (χ4n) is 5.86. The molecule has 0 saturated heterocycles. The minimum absolute atomic E-state index is 0.629. The summed E-state index contributed by atoms with van der Waals surface area (Å²) in [6, 6.07) is 45.6. The van der Waals surface area contributed by atoms with E-state index in [-0.39, 0.29) is 0 Å². The fraction of sp³-hybridized carbons (Fsp3) is 0. The van der Waals surface area contributed by atoms with Gasteiger partial charge in [-0.3, -0.25) is 0 Å². The highest BCUT2D eigenvalue weighted by atomic mass is 16.3. The van der Waals surface area contributed by atoms with Gasteiger partial charge in [0.05, 0.1) is 11.6 Å². The number of hydrogen-bond acceptors (Lipinski definition) is 3. The topological polar surface area (TPSA) is 50.1 Å². The first kappa shape index (κ1) is 22.4. The molecule has 186 valence electrons. The van der Waals surface area contributed by atoms with Crippen LogP contribution in [-0.4, -0.2) is 0 Å². The van der Waals surface area contributed by atoms with Crippen LogP contribution in [0.2, 0.25) is 0 Å². The van der Waals surface area contributed by atoms with Gasteiger partial charge in [0, 0.05) is 21.5 Å². The molecule has 0 unspecified atom stereocenters. The third-order valence-electron chi connectivity index (χ3n) is 7.73. The lowest BCUT2D eigenvalue weighted by Gasteiger charge is -2.14. The number of fused-ring (bicyclic) bond motifs is 6. The summed E-state index contributed by atoms with van der Waals surface area (Å²) in [6.45, 7) is 0. The van der Waals surface area contributed by atoms with Crippen LogP contribution in [0.15, 0.2) is 136 Å². The Bertz CT molecular complexity index is 2290. The van der Waals surface area contributed by atoms with E-state index in [0.29, 0.717) is 5.56 Å². The van der Waals surface area contributed by atoms with Crippen LogP contribution in [0, 0.1) is 11.3 Å². The molecule has 0 aliphatic carbocycles. The number of benzene rings is 6. The number of hydrogen-bond donors (Lipinski definition) is 0. The Morgan fingerprint density at radius 2 is 1.10 bits per heavy atom. The number of para-hydroxylation sites is 2. The second-order valence-electron chi connectivity index (χ2n) is 10.0. The van der Waals surface area contributed by atoms with Crippen molar-refractivity contribution in [2.24, 2.45) is 0 Å². The Balaban J connectivity index is 1.38. The molecule has 3 heteroatoms. The number of furan rings is 2. The van der Waals surface area contributed by atoms with Crippen LogP contribution in [-0.2, 0) is 0 Å². The molecule has 0 bridgehead atoms. The van der Waals surface area contributed by atoms with Crippen LogP contribution < -0.4 is 0 Å². The Morgan fingerprint density at radius 1 is 0.425 bits per heavy atom. The Kier molecular flexibility index (Phi) is 4.89. The zero-order chi connectivity index (χ0) is 26.6. The van der Waals surface area contributed by atoms with Crippen molar-refractivity contribution in [3.8, 4) is 39.4 Å². The van der Waals surface area contributed by atoms with Crippen molar-refractivity contribution in [1.82, 2.24) is 0 Å². The molecule has 0 spiro atoms. The maximum Gasteiger partial charge on any atom is 0.136 e. The lowest BCUT2D eigenvalue weighted by molar-refractivity contribution is 0.668. The molecule has 0 amide bonds. The van der Waals surface area contributed by atoms with E-state index in [2.05, 4.69) is 66.7 Å². The molecule has 8 aromatic rings. The van der Waals surface area contributed by atoms with E-state index in [1.54, 1.807) is 0 Å². The zero-order valence-corrected chi connectivity index (χ0v) is 21.4. The highest BCUT2D eigenvalue weighted by molar-refractivity contribution is 6.14. The predicted octanol–water partition coefficient (Wildman–Crippen LogP) is 10.4. The molecule has 2 aromatic heterocycles. The van der Waals surface area contributed by atoms with Gasteiger partial charge in [0.25, 0.3) is 0 Å². The maximum absolute atomic E-state index is 9.65. The molecule has 8 rings (SSSR count). The van der Waals surface area contributed by atoms with Crippen molar-refractivity contribution in [2.45, 2.75) is 0 Å². The summed E-state index contributed by atoms with van der Waals surface area (Å²) in [7, 11) is 0. The summed E-state index contributed by atoms with van der Waals surface area (Å²) < 4.78 is 12.4. The van der Waals surface area contributed by atoms with Gasteiger partial charge < -0.3 is 8.83 Å². The summed E-state index contributed by atoms with van der Waals surface area (Å²) in [4.78, 5) is 0. The van der Waals surface area contributed by atoms with Crippen LogP contribution in [0.4, 0.5) is 0 Å². The quantitative estimate of drug-likeness (QED) is 0.237. The molecule has 0 saturated carbocycles. The minimum Gasteiger partial charge on any atom is -0.456 e. The van der Waals surface area contributed by atoms with Gasteiger partial charge in [0.15, 0.2) is 0 Å². The molecular weight excluding hydrogens is 490 g/mol. The zero-order valence-electron chi connectivity index (χ0n) is 21.4. The second kappa shape index (κ2) is 8.73. The summed E-state index contributed by atoms with van der Waals surface area (Å²) in [5.74, 6) is 0. The molecule has 0 aliphatic rings. The number of nitriles is 1. The van der Waals surface area contributed by atoms with Gasteiger partial charge in [-0.1, -0.05) is 78.9 Å². The molecule has 6 aromatic carbocycles. The smallest absolute Gasteiger partial charge is 0.136 e. The van der Waals surface area contributed by atoms with E-state index < -0.39 is 0 Å². The van der Waals surface area contributed by atoms with Gasteiger partial charge in [-0.15, -0.1) is 0 Å². The summed E-state index contributed by atoms with van der Waals surface area (Å²) >= 11 is 0. The lowest BCUT2D eigenvalue weighted by atomic mass is 9.89. The second-order valence-corrected chi connectivity index (χ2v) is 10.0.